The molecule has 0 saturated heterocycles. The van der Waals surface area contributed by atoms with Crippen molar-refractivity contribution in [3.63, 3.8) is 0 Å². The zero-order valence-corrected chi connectivity index (χ0v) is 8.75. The molecule has 0 saturated carbocycles. The van der Waals surface area contributed by atoms with E-state index >= 15 is 0 Å². The van der Waals surface area contributed by atoms with Gasteiger partial charge in [-0.1, -0.05) is 12.2 Å². The van der Waals surface area contributed by atoms with E-state index in [0.29, 0.717) is 0 Å². The predicted octanol–water partition coefficient (Wildman–Crippen LogP) is 2.41. The van der Waals surface area contributed by atoms with Crippen molar-refractivity contribution in [2.75, 3.05) is 30.4 Å². The molecule has 1 aliphatic rings. The lowest BCUT2D eigenvalue weighted by atomic mass is 10.1. The first kappa shape index (κ1) is 9.13. The molecule has 2 heteroatoms. The van der Waals surface area contributed by atoms with Crippen LogP contribution in [0, 0.1) is 6.92 Å². The summed E-state index contributed by atoms with van der Waals surface area (Å²) in [6.07, 6.45) is 4.42. The van der Waals surface area contributed by atoms with E-state index in [2.05, 4.69) is 47.5 Å². The fourth-order valence-corrected chi connectivity index (χ4v) is 1.81. The van der Waals surface area contributed by atoms with Crippen molar-refractivity contribution in [3.8, 4) is 0 Å². The molecule has 0 aromatic heterocycles. The second-order valence-corrected chi connectivity index (χ2v) is 3.63. The minimum absolute atomic E-state index is 1.04. The Labute approximate surface area is 85.2 Å². The quantitative estimate of drug-likeness (QED) is 0.717. The third-order valence-electron chi connectivity index (χ3n) is 2.66. The molecule has 1 N–H and O–H groups in total. The molecule has 14 heavy (non-hydrogen) atoms. The number of nitrogens with zero attached hydrogens (tertiary/aromatic N) is 1. The summed E-state index contributed by atoms with van der Waals surface area (Å²) in [7, 11) is 1.96. The minimum atomic E-state index is 1.04. The molecule has 0 fully saturated rings. The van der Waals surface area contributed by atoms with Gasteiger partial charge in [0.25, 0.3) is 0 Å². The van der Waals surface area contributed by atoms with Gasteiger partial charge in [0.1, 0.15) is 0 Å². The number of nitrogens with one attached hydrogen (secondary N) is 1. The summed E-state index contributed by atoms with van der Waals surface area (Å²) in [6.45, 7) is 4.22. The van der Waals surface area contributed by atoms with Crippen molar-refractivity contribution in [1.29, 1.82) is 0 Å². The maximum atomic E-state index is 3.18. The molecular weight excluding hydrogens is 172 g/mol. The maximum absolute atomic E-state index is 3.18. The van der Waals surface area contributed by atoms with Crippen LogP contribution >= 0.6 is 0 Å². The van der Waals surface area contributed by atoms with Crippen molar-refractivity contribution >= 4 is 11.4 Å². The topological polar surface area (TPSA) is 15.3 Å². The molecule has 1 aromatic carbocycles. The Morgan fingerprint density at radius 3 is 2.50 bits per heavy atom. The Kier molecular flexibility index (Phi) is 2.44. The van der Waals surface area contributed by atoms with Gasteiger partial charge in [0.05, 0.1) is 0 Å². The molecule has 0 spiro atoms. The molecule has 0 atom stereocenters. The number of aryl methyl sites for hydroxylation is 1. The highest BCUT2D eigenvalue weighted by molar-refractivity contribution is 5.60. The summed E-state index contributed by atoms with van der Waals surface area (Å²) in [6, 6.07) is 6.55. The number of rotatable bonds is 2. The lowest BCUT2D eigenvalue weighted by Crippen LogP contribution is -2.18. The van der Waals surface area contributed by atoms with Gasteiger partial charge in [-0.2, -0.15) is 0 Å². The van der Waals surface area contributed by atoms with Crippen LogP contribution in [-0.2, 0) is 0 Å². The Morgan fingerprint density at radius 2 is 1.93 bits per heavy atom. The number of anilines is 2. The molecule has 1 aliphatic heterocycles. The molecule has 1 heterocycles. The Balaban J connectivity index is 2.23. The lowest BCUT2D eigenvalue weighted by molar-refractivity contribution is 1.01. The van der Waals surface area contributed by atoms with Gasteiger partial charge < -0.3 is 10.2 Å². The molecule has 0 radical (unpaired) electrons. The number of benzene rings is 1. The first-order valence-electron chi connectivity index (χ1n) is 4.99. The van der Waals surface area contributed by atoms with Gasteiger partial charge in [0.15, 0.2) is 0 Å². The van der Waals surface area contributed by atoms with E-state index in [1.807, 2.05) is 7.05 Å². The molecule has 0 amide bonds. The molecule has 74 valence electrons. The monoisotopic (exact) mass is 188 g/mol. The van der Waals surface area contributed by atoms with Gasteiger partial charge in [0.2, 0.25) is 0 Å². The van der Waals surface area contributed by atoms with Gasteiger partial charge in [-0.25, -0.2) is 0 Å². The van der Waals surface area contributed by atoms with E-state index < -0.39 is 0 Å². The van der Waals surface area contributed by atoms with Crippen LogP contribution < -0.4 is 10.2 Å². The molecule has 2 rings (SSSR count). The summed E-state index contributed by atoms with van der Waals surface area (Å²) < 4.78 is 0. The second kappa shape index (κ2) is 3.74. The molecule has 1 aromatic rings. The number of hydrogen-bond donors (Lipinski definition) is 1. The van der Waals surface area contributed by atoms with Gasteiger partial charge in [-0.05, 0) is 30.7 Å². The van der Waals surface area contributed by atoms with Crippen LogP contribution in [0.1, 0.15) is 5.56 Å². The van der Waals surface area contributed by atoms with Gasteiger partial charge in [0, 0.05) is 31.5 Å². The van der Waals surface area contributed by atoms with E-state index in [9.17, 15) is 0 Å². The summed E-state index contributed by atoms with van der Waals surface area (Å²) in [4.78, 5) is 2.35. The van der Waals surface area contributed by atoms with Crippen molar-refractivity contribution in [2.45, 2.75) is 6.92 Å². The fraction of sp³-hybridized carbons (Fsp3) is 0.333. The van der Waals surface area contributed by atoms with Gasteiger partial charge >= 0.3 is 0 Å². The lowest BCUT2D eigenvalue weighted by Gasteiger charge is -2.19. The van der Waals surface area contributed by atoms with Crippen molar-refractivity contribution in [2.24, 2.45) is 0 Å². The highest BCUT2D eigenvalue weighted by atomic mass is 15.1. The van der Waals surface area contributed by atoms with Crippen molar-refractivity contribution < 1.29 is 0 Å². The summed E-state index contributed by atoms with van der Waals surface area (Å²) in [5.74, 6) is 0. The zero-order chi connectivity index (χ0) is 9.97. The third-order valence-corrected chi connectivity index (χ3v) is 2.66. The maximum Gasteiger partial charge on any atom is 0.0376 e. The molecular formula is C12H16N2. The highest BCUT2D eigenvalue weighted by Crippen LogP contribution is 2.23. The Hall–Kier alpha value is -1.44. The number of hydrogen-bond acceptors (Lipinski definition) is 2. The normalized spacial score (nSPS) is 14.9. The van der Waals surface area contributed by atoms with Crippen molar-refractivity contribution in [3.05, 3.63) is 35.9 Å². The standard InChI is InChI=1S/C12H16N2/c1-10-9-11(5-6-12(10)13-2)14-7-3-4-8-14/h3-6,9,13H,7-8H2,1-2H3. The predicted molar refractivity (Wildman–Crippen MR) is 62.1 cm³/mol. The minimum Gasteiger partial charge on any atom is -0.388 e. The van der Waals surface area contributed by atoms with E-state index in [4.69, 9.17) is 0 Å². The van der Waals surface area contributed by atoms with Crippen LogP contribution in [-0.4, -0.2) is 20.1 Å². The van der Waals surface area contributed by atoms with E-state index in [1.165, 1.54) is 16.9 Å². The van der Waals surface area contributed by atoms with Crippen LogP contribution in [0.5, 0.6) is 0 Å². The summed E-state index contributed by atoms with van der Waals surface area (Å²) in [5, 5.41) is 3.18. The van der Waals surface area contributed by atoms with E-state index in [0.717, 1.165) is 13.1 Å². The average molecular weight is 188 g/mol. The summed E-state index contributed by atoms with van der Waals surface area (Å²) in [5.41, 5.74) is 3.82. The van der Waals surface area contributed by atoms with Crippen LogP contribution in [0.3, 0.4) is 0 Å². The Morgan fingerprint density at radius 1 is 1.21 bits per heavy atom. The van der Waals surface area contributed by atoms with Crippen molar-refractivity contribution in [1.82, 2.24) is 0 Å². The van der Waals surface area contributed by atoms with E-state index in [1.54, 1.807) is 0 Å². The first-order chi connectivity index (χ1) is 6.81. The molecule has 2 nitrogen and oxygen atoms in total. The van der Waals surface area contributed by atoms with Crippen LogP contribution in [0.25, 0.3) is 0 Å². The van der Waals surface area contributed by atoms with Crippen LogP contribution in [0.4, 0.5) is 11.4 Å². The summed E-state index contributed by atoms with van der Waals surface area (Å²) >= 11 is 0. The average Bonchev–Trinajstić information content (AvgIpc) is 2.70. The van der Waals surface area contributed by atoms with Gasteiger partial charge in [-0.3, -0.25) is 0 Å². The molecule has 0 bridgehead atoms. The first-order valence-corrected chi connectivity index (χ1v) is 4.99. The van der Waals surface area contributed by atoms with E-state index in [-0.39, 0.29) is 0 Å². The zero-order valence-electron chi connectivity index (χ0n) is 8.75. The Bertz CT molecular complexity index is 347. The smallest absolute Gasteiger partial charge is 0.0376 e. The second-order valence-electron chi connectivity index (χ2n) is 3.63. The largest absolute Gasteiger partial charge is 0.388 e. The van der Waals surface area contributed by atoms with Crippen LogP contribution in [0.15, 0.2) is 30.4 Å². The molecule has 0 aliphatic carbocycles. The van der Waals surface area contributed by atoms with Gasteiger partial charge in [-0.15, -0.1) is 0 Å². The SMILES string of the molecule is CNc1ccc(N2CC=CC2)cc1C. The molecule has 0 unspecified atom stereocenters. The highest BCUT2D eigenvalue weighted by Gasteiger charge is 2.08. The van der Waals surface area contributed by atoms with Crippen LogP contribution in [0.2, 0.25) is 0 Å². The fourth-order valence-electron chi connectivity index (χ4n) is 1.81. The third kappa shape index (κ3) is 1.60.